The van der Waals surface area contributed by atoms with Gasteiger partial charge in [-0.15, -0.1) is 0 Å². The lowest BCUT2D eigenvalue weighted by Gasteiger charge is -2.25. The van der Waals surface area contributed by atoms with Crippen LogP contribution in [0.25, 0.3) is 0 Å². The first-order valence-corrected chi connectivity index (χ1v) is 7.96. The van der Waals surface area contributed by atoms with E-state index in [0.717, 1.165) is 6.54 Å². The summed E-state index contributed by atoms with van der Waals surface area (Å²) in [6.07, 6.45) is 0.355. The van der Waals surface area contributed by atoms with Crippen molar-refractivity contribution in [2.75, 3.05) is 13.1 Å². The van der Waals surface area contributed by atoms with Gasteiger partial charge in [-0.25, -0.2) is 0 Å². The molecule has 0 bridgehead atoms. The Hall–Kier alpha value is -1.43. The second-order valence-electron chi connectivity index (χ2n) is 6.47. The van der Waals surface area contributed by atoms with Crippen LogP contribution in [0.1, 0.15) is 25.8 Å². The number of nitrogens with one attached hydrogen (secondary N) is 1. The van der Waals surface area contributed by atoms with Crippen LogP contribution < -0.4 is 11.1 Å². The fourth-order valence-corrected chi connectivity index (χ4v) is 2.82. The number of likely N-dealkylation sites (tertiary alicyclic amines) is 1. The number of hydrogen-bond donors (Lipinski definition) is 3. The van der Waals surface area contributed by atoms with Gasteiger partial charge in [0, 0.05) is 25.7 Å². The second-order valence-corrected chi connectivity index (χ2v) is 6.47. The highest BCUT2D eigenvalue weighted by Crippen LogP contribution is 2.20. The van der Waals surface area contributed by atoms with E-state index in [0.29, 0.717) is 19.5 Å². The van der Waals surface area contributed by atoms with Crippen LogP contribution in [0, 0.1) is 5.92 Å². The van der Waals surface area contributed by atoms with Gasteiger partial charge < -0.3 is 16.2 Å². The first kappa shape index (κ1) is 16.9. The maximum absolute atomic E-state index is 12.0. The van der Waals surface area contributed by atoms with Gasteiger partial charge in [-0.2, -0.15) is 0 Å². The number of β-amino-alcohol motifs (C(OH)–C–C–N with tert-alkyl or cyclic N) is 1. The molecule has 1 aliphatic heterocycles. The second kappa shape index (κ2) is 7.72. The van der Waals surface area contributed by atoms with Crippen molar-refractivity contribution in [1.29, 1.82) is 0 Å². The standard InChI is InChI=1S/C17H27N3O2/c1-12(2)16(18)17(22)19-9-14-8-15(21)11-20(14)10-13-6-4-3-5-7-13/h3-7,12,14-16,21H,8-11,18H2,1-2H3,(H,19,22)/t14?,15?,16-/m0/s1. The summed E-state index contributed by atoms with van der Waals surface area (Å²) in [5.74, 6) is 0.00522. The molecular weight excluding hydrogens is 278 g/mol. The van der Waals surface area contributed by atoms with Gasteiger partial charge in [-0.05, 0) is 17.9 Å². The summed E-state index contributed by atoms with van der Waals surface area (Å²) in [6, 6.07) is 9.85. The molecular formula is C17H27N3O2. The minimum absolute atomic E-state index is 0.115. The molecule has 1 heterocycles. The van der Waals surface area contributed by atoms with E-state index >= 15 is 0 Å². The summed E-state index contributed by atoms with van der Waals surface area (Å²) < 4.78 is 0. The zero-order valence-electron chi connectivity index (χ0n) is 13.4. The van der Waals surface area contributed by atoms with E-state index in [9.17, 15) is 9.90 Å². The minimum atomic E-state index is -0.478. The van der Waals surface area contributed by atoms with Crippen LogP contribution in [0.2, 0.25) is 0 Å². The van der Waals surface area contributed by atoms with Crippen LogP contribution in [-0.2, 0) is 11.3 Å². The van der Waals surface area contributed by atoms with Crippen molar-refractivity contribution < 1.29 is 9.90 Å². The highest BCUT2D eigenvalue weighted by atomic mass is 16.3. The topological polar surface area (TPSA) is 78.6 Å². The van der Waals surface area contributed by atoms with E-state index in [4.69, 9.17) is 5.73 Å². The number of benzene rings is 1. The monoisotopic (exact) mass is 305 g/mol. The van der Waals surface area contributed by atoms with Crippen molar-refractivity contribution in [3.05, 3.63) is 35.9 Å². The number of nitrogens with zero attached hydrogens (tertiary/aromatic N) is 1. The number of hydrogen-bond acceptors (Lipinski definition) is 4. The normalized spacial score (nSPS) is 23.7. The number of aliphatic hydroxyl groups excluding tert-OH is 1. The minimum Gasteiger partial charge on any atom is -0.392 e. The molecule has 22 heavy (non-hydrogen) atoms. The predicted octanol–water partition coefficient (Wildman–Crippen LogP) is 0.721. The summed E-state index contributed by atoms with van der Waals surface area (Å²) in [7, 11) is 0. The molecule has 0 radical (unpaired) electrons. The average Bonchev–Trinajstić information content (AvgIpc) is 2.84. The lowest BCUT2D eigenvalue weighted by Crippen LogP contribution is -2.48. The highest BCUT2D eigenvalue weighted by Gasteiger charge is 2.31. The molecule has 3 atom stereocenters. The van der Waals surface area contributed by atoms with E-state index in [1.54, 1.807) is 0 Å². The number of amides is 1. The molecule has 5 heteroatoms. The lowest BCUT2D eigenvalue weighted by molar-refractivity contribution is -0.123. The summed E-state index contributed by atoms with van der Waals surface area (Å²) in [4.78, 5) is 14.2. The van der Waals surface area contributed by atoms with E-state index < -0.39 is 6.04 Å². The zero-order valence-corrected chi connectivity index (χ0v) is 13.4. The number of carbonyl (C=O) groups is 1. The number of nitrogens with two attached hydrogens (primary N) is 1. The molecule has 1 fully saturated rings. The quantitative estimate of drug-likeness (QED) is 0.724. The van der Waals surface area contributed by atoms with E-state index in [2.05, 4.69) is 22.3 Å². The maximum atomic E-state index is 12.0. The third-order valence-corrected chi connectivity index (χ3v) is 4.27. The summed E-state index contributed by atoms with van der Waals surface area (Å²) in [5.41, 5.74) is 7.07. The molecule has 0 saturated carbocycles. The van der Waals surface area contributed by atoms with E-state index in [1.165, 1.54) is 5.56 Å². The van der Waals surface area contributed by atoms with Gasteiger partial charge in [-0.1, -0.05) is 44.2 Å². The van der Waals surface area contributed by atoms with Crippen molar-refractivity contribution in [2.45, 2.75) is 45.0 Å². The molecule has 5 nitrogen and oxygen atoms in total. The molecule has 1 aromatic carbocycles. The molecule has 0 spiro atoms. The van der Waals surface area contributed by atoms with E-state index in [-0.39, 0.29) is 24.0 Å². The molecule has 1 aromatic rings. The van der Waals surface area contributed by atoms with Crippen LogP contribution >= 0.6 is 0 Å². The Morgan fingerprint density at radius 1 is 1.41 bits per heavy atom. The highest BCUT2D eigenvalue weighted by molar-refractivity contribution is 5.81. The van der Waals surface area contributed by atoms with Gasteiger partial charge in [0.1, 0.15) is 0 Å². The smallest absolute Gasteiger partial charge is 0.237 e. The van der Waals surface area contributed by atoms with Gasteiger partial charge in [0.15, 0.2) is 0 Å². The first-order chi connectivity index (χ1) is 10.5. The Morgan fingerprint density at radius 2 is 2.09 bits per heavy atom. The Morgan fingerprint density at radius 3 is 2.73 bits per heavy atom. The van der Waals surface area contributed by atoms with Crippen LogP contribution in [0.4, 0.5) is 0 Å². The van der Waals surface area contributed by atoms with Crippen molar-refractivity contribution in [3.8, 4) is 0 Å². The fourth-order valence-electron chi connectivity index (χ4n) is 2.82. The Balaban J connectivity index is 1.89. The van der Waals surface area contributed by atoms with Gasteiger partial charge >= 0.3 is 0 Å². The third-order valence-electron chi connectivity index (χ3n) is 4.27. The SMILES string of the molecule is CC(C)[C@H](N)C(=O)NCC1CC(O)CN1Cc1ccccc1. The summed E-state index contributed by atoms with van der Waals surface area (Å²) >= 11 is 0. The molecule has 1 saturated heterocycles. The number of rotatable bonds is 6. The molecule has 122 valence electrons. The summed E-state index contributed by atoms with van der Waals surface area (Å²) in [5, 5.41) is 12.9. The molecule has 2 unspecified atom stereocenters. The predicted molar refractivity (Wildman–Crippen MR) is 87.1 cm³/mol. The van der Waals surface area contributed by atoms with Crippen LogP contribution in [-0.4, -0.2) is 47.2 Å². The zero-order chi connectivity index (χ0) is 16.1. The van der Waals surface area contributed by atoms with Crippen molar-refractivity contribution in [1.82, 2.24) is 10.2 Å². The molecule has 1 aliphatic rings. The molecule has 0 aliphatic carbocycles. The third kappa shape index (κ3) is 4.53. The number of carbonyl (C=O) groups excluding carboxylic acids is 1. The number of aliphatic hydroxyl groups is 1. The Bertz CT molecular complexity index is 478. The first-order valence-electron chi connectivity index (χ1n) is 7.96. The Labute approximate surface area is 132 Å². The van der Waals surface area contributed by atoms with Gasteiger partial charge in [-0.3, -0.25) is 9.69 Å². The van der Waals surface area contributed by atoms with Crippen molar-refractivity contribution >= 4 is 5.91 Å². The van der Waals surface area contributed by atoms with Crippen LogP contribution in [0.15, 0.2) is 30.3 Å². The van der Waals surface area contributed by atoms with Gasteiger partial charge in [0.25, 0.3) is 0 Å². The molecule has 1 amide bonds. The lowest BCUT2D eigenvalue weighted by atomic mass is 10.0. The average molecular weight is 305 g/mol. The molecule has 0 aromatic heterocycles. The molecule has 4 N–H and O–H groups in total. The van der Waals surface area contributed by atoms with Gasteiger partial charge in [0.05, 0.1) is 12.1 Å². The maximum Gasteiger partial charge on any atom is 0.237 e. The van der Waals surface area contributed by atoms with E-state index in [1.807, 2.05) is 32.0 Å². The van der Waals surface area contributed by atoms with Gasteiger partial charge in [0.2, 0.25) is 5.91 Å². The van der Waals surface area contributed by atoms with Crippen LogP contribution in [0.3, 0.4) is 0 Å². The fraction of sp³-hybridized carbons (Fsp3) is 0.588. The molecule has 2 rings (SSSR count). The van der Waals surface area contributed by atoms with Crippen molar-refractivity contribution in [2.24, 2.45) is 11.7 Å². The largest absolute Gasteiger partial charge is 0.392 e. The Kier molecular flexibility index (Phi) is 5.94. The summed E-state index contributed by atoms with van der Waals surface area (Å²) in [6.45, 7) is 5.83. The van der Waals surface area contributed by atoms with Crippen LogP contribution in [0.5, 0.6) is 0 Å². The van der Waals surface area contributed by atoms with Crippen molar-refractivity contribution in [3.63, 3.8) is 0 Å².